The van der Waals surface area contributed by atoms with Gasteiger partial charge in [-0.25, -0.2) is 0 Å². The third kappa shape index (κ3) is 2.48. The van der Waals surface area contributed by atoms with E-state index in [1.54, 1.807) is 11.7 Å². The monoisotopic (exact) mass is 277 g/mol. The van der Waals surface area contributed by atoms with Gasteiger partial charge < -0.3 is 9.84 Å². The molecule has 1 aromatic heterocycles. The lowest BCUT2D eigenvalue weighted by molar-refractivity contribution is -0.385. The van der Waals surface area contributed by atoms with E-state index in [4.69, 9.17) is 4.74 Å². The van der Waals surface area contributed by atoms with E-state index in [9.17, 15) is 15.2 Å². The standard InChI is InChI=1S/C13H15N3O4/c1-8-13(9(2)15(3)14-8)20-12-5-4-11(16(18)19)6-10(12)7-17/h4-6,17H,7H2,1-3H3. The largest absolute Gasteiger partial charge is 0.453 e. The summed E-state index contributed by atoms with van der Waals surface area (Å²) in [5.41, 5.74) is 1.83. The van der Waals surface area contributed by atoms with Gasteiger partial charge in [0.05, 0.1) is 17.2 Å². The summed E-state index contributed by atoms with van der Waals surface area (Å²) >= 11 is 0. The number of nitrogens with zero attached hydrogens (tertiary/aromatic N) is 3. The van der Waals surface area contributed by atoms with Crippen LogP contribution in [-0.2, 0) is 13.7 Å². The van der Waals surface area contributed by atoms with Crippen LogP contribution in [0, 0.1) is 24.0 Å². The first kappa shape index (κ1) is 14.0. The van der Waals surface area contributed by atoms with Crippen molar-refractivity contribution >= 4 is 5.69 Å². The van der Waals surface area contributed by atoms with Crippen molar-refractivity contribution in [3.8, 4) is 11.5 Å². The minimum absolute atomic E-state index is 0.0824. The summed E-state index contributed by atoms with van der Waals surface area (Å²) in [6.07, 6.45) is 0. The lowest BCUT2D eigenvalue weighted by atomic mass is 10.2. The average Bonchev–Trinajstić information content (AvgIpc) is 2.65. The molecule has 0 unspecified atom stereocenters. The SMILES string of the molecule is Cc1nn(C)c(C)c1Oc1ccc([N+](=O)[O-])cc1CO. The fourth-order valence-electron chi connectivity index (χ4n) is 1.91. The Morgan fingerprint density at radius 1 is 1.45 bits per heavy atom. The summed E-state index contributed by atoms with van der Waals surface area (Å²) in [6, 6.07) is 4.13. The van der Waals surface area contributed by atoms with Gasteiger partial charge in [-0.3, -0.25) is 14.8 Å². The average molecular weight is 277 g/mol. The lowest BCUT2D eigenvalue weighted by Crippen LogP contribution is -1.97. The van der Waals surface area contributed by atoms with Crippen LogP contribution in [0.3, 0.4) is 0 Å². The first-order valence-electron chi connectivity index (χ1n) is 6.00. The van der Waals surface area contributed by atoms with Crippen LogP contribution in [0.25, 0.3) is 0 Å². The Bertz CT molecular complexity index is 664. The van der Waals surface area contributed by atoms with Crippen LogP contribution in [0.2, 0.25) is 0 Å². The van der Waals surface area contributed by atoms with Gasteiger partial charge in [0.25, 0.3) is 5.69 Å². The van der Waals surface area contributed by atoms with Crippen LogP contribution in [0.4, 0.5) is 5.69 Å². The molecule has 1 heterocycles. The molecule has 0 aliphatic rings. The number of non-ortho nitro benzene ring substituents is 1. The molecular formula is C13H15N3O4. The third-order valence-corrected chi connectivity index (χ3v) is 3.08. The summed E-state index contributed by atoms with van der Waals surface area (Å²) in [5, 5.41) is 24.3. The molecule has 0 aliphatic heterocycles. The van der Waals surface area contributed by atoms with E-state index in [2.05, 4.69) is 5.10 Å². The molecule has 0 amide bonds. The Kier molecular flexibility index (Phi) is 3.71. The zero-order chi connectivity index (χ0) is 14.9. The van der Waals surface area contributed by atoms with E-state index in [0.717, 1.165) is 5.69 Å². The molecule has 0 radical (unpaired) electrons. The number of nitro groups is 1. The van der Waals surface area contributed by atoms with E-state index in [1.165, 1.54) is 18.2 Å². The smallest absolute Gasteiger partial charge is 0.270 e. The van der Waals surface area contributed by atoms with Gasteiger partial charge >= 0.3 is 0 Å². The fraction of sp³-hybridized carbons (Fsp3) is 0.308. The normalized spacial score (nSPS) is 10.6. The van der Waals surface area contributed by atoms with Gasteiger partial charge in [-0.2, -0.15) is 5.10 Å². The Morgan fingerprint density at radius 3 is 2.65 bits per heavy atom. The Balaban J connectivity index is 2.40. The number of aromatic nitrogens is 2. The van der Waals surface area contributed by atoms with E-state index in [0.29, 0.717) is 22.8 Å². The maximum absolute atomic E-state index is 10.7. The molecule has 2 rings (SSSR count). The van der Waals surface area contributed by atoms with Gasteiger partial charge in [-0.05, 0) is 19.9 Å². The fourth-order valence-corrected chi connectivity index (χ4v) is 1.91. The summed E-state index contributed by atoms with van der Waals surface area (Å²) in [6.45, 7) is 3.33. The highest BCUT2D eigenvalue weighted by Crippen LogP contribution is 2.32. The quantitative estimate of drug-likeness (QED) is 0.683. The van der Waals surface area contributed by atoms with Gasteiger partial charge in [0.1, 0.15) is 11.4 Å². The highest BCUT2D eigenvalue weighted by molar-refractivity contribution is 5.46. The number of hydrogen-bond donors (Lipinski definition) is 1. The van der Waals surface area contributed by atoms with Crippen LogP contribution >= 0.6 is 0 Å². The molecule has 1 aromatic carbocycles. The van der Waals surface area contributed by atoms with Crippen molar-refractivity contribution < 1.29 is 14.8 Å². The number of ether oxygens (including phenoxy) is 1. The minimum Gasteiger partial charge on any atom is -0.453 e. The van der Waals surface area contributed by atoms with E-state index in [-0.39, 0.29) is 12.3 Å². The van der Waals surface area contributed by atoms with Gasteiger partial charge in [-0.15, -0.1) is 0 Å². The Hall–Kier alpha value is -2.41. The lowest BCUT2D eigenvalue weighted by Gasteiger charge is -2.09. The predicted octanol–water partition coefficient (Wildman–Crippen LogP) is 2.23. The molecule has 2 aromatic rings. The van der Waals surface area contributed by atoms with Crippen molar-refractivity contribution in [2.45, 2.75) is 20.5 Å². The predicted molar refractivity (Wildman–Crippen MR) is 71.8 cm³/mol. The number of hydrogen-bond acceptors (Lipinski definition) is 5. The zero-order valence-electron chi connectivity index (χ0n) is 11.5. The summed E-state index contributed by atoms with van der Waals surface area (Å²) in [4.78, 5) is 10.2. The van der Waals surface area contributed by atoms with E-state index < -0.39 is 4.92 Å². The van der Waals surface area contributed by atoms with E-state index in [1.807, 2.05) is 13.8 Å². The summed E-state index contributed by atoms with van der Waals surface area (Å²) < 4.78 is 7.44. The van der Waals surface area contributed by atoms with Crippen molar-refractivity contribution in [3.05, 3.63) is 45.3 Å². The van der Waals surface area contributed by atoms with Crippen molar-refractivity contribution in [1.82, 2.24) is 9.78 Å². The molecule has 20 heavy (non-hydrogen) atoms. The van der Waals surface area contributed by atoms with Crippen molar-refractivity contribution in [3.63, 3.8) is 0 Å². The number of aliphatic hydroxyl groups excluding tert-OH is 1. The molecule has 1 N–H and O–H groups in total. The van der Waals surface area contributed by atoms with Crippen molar-refractivity contribution in [1.29, 1.82) is 0 Å². The van der Waals surface area contributed by atoms with Crippen LogP contribution in [0.5, 0.6) is 11.5 Å². The molecule has 0 aliphatic carbocycles. The van der Waals surface area contributed by atoms with Gasteiger partial charge in [0.2, 0.25) is 0 Å². The van der Waals surface area contributed by atoms with Crippen molar-refractivity contribution in [2.75, 3.05) is 0 Å². The second-order valence-corrected chi connectivity index (χ2v) is 4.43. The van der Waals surface area contributed by atoms with Crippen molar-refractivity contribution in [2.24, 2.45) is 7.05 Å². The first-order valence-corrected chi connectivity index (χ1v) is 6.00. The van der Waals surface area contributed by atoms with Gasteiger partial charge in [0.15, 0.2) is 5.75 Å². The molecule has 106 valence electrons. The molecule has 0 fully saturated rings. The molecule has 0 spiro atoms. The molecular weight excluding hydrogens is 262 g/mol. The van der Waals surface area contributed by atoms with Gasteiger partial charge in [0, 0.05) is 24.7 Å². The maximum Gasteiger partial charge on any atom is 0.270 e. The Labute approximate surface area is 115 Å². The highest BCUT2D eigenvalue weighted by atomic mass is 16.6. The third-order valence-electron chi connectivity index (χ3n) is 3.08. The second kappa shape index (κ2) is 5.30. The number of nitro benzene ring substituents is 1. The molecule has 0 bridgehead atoms. The highest BCUT2D eigenvalue weighted by Gasteiger charge is 2.16. The van der Waals surface area contributed by atoms with E-state index >= 15 is 0 Å². The van der Waals surface area contributed by atoms with Crippen LogP contribution in [-0.4, -0.2) is 19.8 Å². The van der Waals surface area contributed by atoms with Crippen LogP contribution < -0.4 is 4.74 Å². The number of aliphatic hydroxyl groups is 1. The molecule has 0 saturated heterocycles. The molecule has 7 heteroatoms. The second-order valence-electron chi connectivity index (χ2n) is 4.43. The Morgan fingerprint density at radius 2 is 2.15 bits per heavy atom. The summed E-state index contributed by atoms with van der Waals surface area (Å²) in [7, 11) is 1.80. The minimum atomic E-state index is -0.510. The van der Waals surface area contributed by atoms with Crippen LogP contribution in [0.15, 0.2) is 18.2 Å². The topological polar surface area (TPSA) is 90.4 Å². The molecule has 0 saturated carbocycles. The molecule has 0 atom stereocenters. The van der Waals surface area contributed by atoms with Crippen LogP contribution in [0.1, 0.15) is 17.0 Å². The zero-order valence-corrected chi connectivity index (χ0v) is 11.5. The summed E-state index contributed by atoms with van der Waals surface area (Å²) in [5.74, 6) is 0.980. The number of rotatable bonds is 4. The van der Waals surface area contributed by atoms with Gasteiger partial charge in [-0.1, -0.05) is 0 Å². The molecule has 7 nitrogen and oxygen atoms in total. The number of benzene rings is 1. The number of aryl methyl sites for hydroxylation is 2. The first-order chi connectivity index (χ1) is 9.43. The maximum atomic E-state index is 10.7.